The molecule has 0 unspecified atom stereocenters. The van der Waals surface area contributed by atoms with E-state index in [1.54, 1.807) is 0 Å². The number of amides is 1. The van der Waals surface area contributed by atoms with Crippen LogP contribution in [-0.4, -0.2) is 87.1 Å². The van der Waals surface area contributed by atoms with Crippen molar-refractivity contribution in [2.75, 3.05) is 23.1 Å². The fourth-order valence-corrected chi connectivity index (χ4v) is 7.41. The number of nitrogens with one attached hydrogen (secondary N) is 2. The van der Waals surface area contributed by atoms with Crippen molar-refractivity contribution in [1.82, 2.24) is 9.46 Å². The molecule has 0 saturated carbocycles. The fourth-order valence-electron chi connectivity index (χ4n) is 4.23. The maximum atomic E-state index is 13.1. The second kappa shape index (κ2) is 12.3. The van der Waals surface area contributed by atoms with E-state index >= 15 is 0 Å². The number of sulfonamides is 2. The number of aryl methyl sites for hydroxylation is 2. The van der Waals surface area contributed by atoms with Gasteiger partial charge in [-0.25, -0.2) is 16.8 Å². The van der Waals surface area contributed by atoms with Gasteiger partial charge in [0.05, 0.1) is 28.4 Å². The van der Waals surface area contributed by atoms with Gasteiger partial charge in [-0.15, -0.1) is 0 Å². The van der Waals surface area contributed by atoms with Crippen LogP contribution in [0.4, 0.5) is 11.4 Å². The molecule has 1 saturated heterocycles. The first-order valence-electron chi connectivity index (χ1n) is 11.6. The zero-order valence-corrected chi connectivity index (χ0v) is 23.4. The number of ether oxygens (including phenoxy) is 1. The third-order valence-corrected chi connectivity index (χ3v) is 9.53. The fraction of sp³-hybridized carbons (Fsp3) is 0.333. The van der Waals surface area contributed by atoms with Gasteiger partial charge in [-0.1, -0.05) is 16.8 Å². The summed E-state index contributed by atoms with van der Waals surface area (Å²) in [5, 5.41) is 6.53. The molecule has 1 aromatic heterocycles. The molecular formula is C24H28ClN4NaO7S2. The van der Waals surface area contributed by atoms with Gasteiger partial charge in [0, 0.05) is 23.8 Å². The first-order valence-corrected chi connectivity index (χ1v) is 14.9. The molecule has 3 aromatic rings. The molecule has 1 amide bonds. The van der Waals surface area contributed by atoms with Crippen LogP contribution in [0, 0.1) is 13.8 Å². The Morgan fingerprint density at radius 3 is 2.21 bits per heavy atom. The Bertz CT molecular complexity index is 1550. The molecule has 0 spiro atoms. The number of hydrogen-bond donors (Lipinski definition) is 2. The van der Waals surface area contributed by atoms with Gasteiger partial charge in [-0.05, 0) is 70.2 Å². The van der Waals surface area contributed by atoms with Gasteiger partial charge in [0.25, 0.3) is 15.9 Å². The number of anilines is 2. The third kappa shape index (κ3) is 7.03. The molecule has 206 valence electrons. The molecule has 2 atom stereocenters. The van der Waals surface area contributed by atoms with Gasteiger partial charge in [0.2, 0.25) is 10.0 Å². The Morgan fingerprint density at radius 2 is 1.64 bits per heavy atom. The monoisotopic (exact) mass is 606 g/mol. The molecular weight excluding hydrogens is 579 g/mol. The number of nitrogens with zero attached hydrogens (tertiary/aromatic N) is 2. The third-order valence-electron chi connectivity index (χ3n) is 5.84. The van der Waals surface area contributed by atoms with Crippen molar-refractivity contribution in [2.45, 2.75) is 49.7 Å². The molecule has 1 fully saturated rings. The summed E-state index contributed by atoms with van der Waals surface area (Å²) in [5.74, 6) is -0.554. The topological polar surface area (TPSA) is 148 Å². The summed E-state index contributed by atoms with van der Waals surface area (Å²) in [5.41, 5.74) is 0.422. The van der Waals surface area contributed by atoms with Crippen LogP contribution in [0.3, 0.4) is 0 Å². The Balaban J connectivity index is 0.00000420. The first-order chi connectivity index (χ1) is 17.8. The summed E-state index contributed by atoms with van der Waals surface area (Å²) in [6.45, 7) is 7.07. The number of hydrogen-bond acceptors (Lipinski definition) is 8. The summed E-state index contributed by atoms with van der Waals surface area (Å²) >= 11 is 6.09. The van der Waals surface area contributed by atoms with E-state index in [-0.39, 0.29) is 92.4 Å². The van der Waals surface area contributed by atoms with Crippen LogP contribution in [0.15, 0.2) is 56.8 Å². The van der Waals surface area contributed by atoms with Crippen molar-refractivity contribution >= 4 is 78.5 Å². The molecule has 1 aliphatic heterocycles. The zero-order valence-electron chi connectivity index (χ0n) is 21.1. The number of carbonyl (C=O) groups excluding carboxylic acids is 1. The second-order valence-corrected chi connectivity index (χ2v) is 13.0. The number of rotatable bonds is 7. The molecule has 2 N–H and O–H groups in total. The number of halogens is 1. The van der Waals surface area contributed by atoms with Crippen molar-refractivity contribution in [2.24, 2.45) is 0 Å². The summed E-state index contributed by atoms with van der Waals surface area (Å²) < 4.78 is 66.5. The van der Waals surface area contributed by atoms with Crippen molar-refractivity contribution in [1.29, 1.82) is 0 Å². The average Bonchev–Trinajstić information content (AvgIpc) is 3.18. The molecule has 4 rings (SSSR count). The predicted molar refractivity (Wildman–Crippen MR) is 149 cm³/mol. The van der Waals surface area contributed by atoms with Crippen molar-refractivity contribution in [3.05, 3.63) is 64.5 Å². The average molecular weight is 607 g/mol. The minimum atomic E-state index is -4.12. The molecule has 0 bridgehead atoms. The minimum absolute atomic E-state index is 0. The van der Waals surface area contributed by atoms with E-state index < -0.39 is 26.0 Å². The first kappa shape index (κ1) is 31.6. The molecule has 11 nitrogen and oxygen atoms in total. The van der Waals surface area contributed by atoms with Crippen LogP contribution in [0.2, 0.25) is 5.02 Å². The van der Waals surface area contributed by atoms with Crippen molar-refractivity contribution in [3.63, 3.8) is 0 Å². The van der Waals surface area contributed by atoms with Crippen LogP contribution < -0.4 is 10.0 Å². The molecule has 0 aliphatic carbocycles. The van der Waals surface area contributed by atoms with Crippen LogP contribution >= 0.6 is 11.6 Å². The summed E-state index contributed by atoms with van der Waals surface area (Å²) in [6, 6.07) is 9.83. The molecule has 1 aliphatic rings. The van der Waals surface area contributed by atoms with Gasteiger partial charge >= 0.3 is 29.6 Å². The van der Waals surface area contributed by atoms with E-state index in [0.717, 1.165) is 0 Å². The molecule has 2 heterocycles. The van der Waals surface area contributed by atoms with Gasteiger partial charge in [0.1, 0.15) is 5.69 Å². The molecule has 2 aromatic carbocycles. The van der Waals surface area contributed by atoms with E-state index in [1.807, 2.05) is 13.8 Å². The van der Waals surface area contributed by atoms with E-state index in [1.165, 1.54) is 60.6 Å². The van der Waals surface area contributed by atoms with E-state index in [0.29, 0.717) is 5.69 Å². The second-order valence-electron chi connectivity index (χ2n) is 9.01. The number of aromatic nitrogens is 1. The van der Waals surface area contributed by atoms with E-state index in [4.69, 9.17) is 20.9 Å². The van der Waals surface area contributed by atoms with Crippen LogP contribution in [0.1, 0.15) is 35.7 Å². The van der Waals surface area contributed by atoms with Crippen LogP contribution in [-0.2, 0) is 24.8 Å². The standard InChI is InChI=1S/C24H27ClN4O7S2.Na.H/c1-14-12-29(13-15(2)35-14)38(33,34)20-8-6-19(7-9-20)26-24(30)21-11-18(25)5-10-22(21)28-37(31,32)23-16(3)27-36-17(23)4;;/h5-11,14-15,28H,12-13H2,1-4H3,(H,26,30);;/t14-,15+;;. The summed E-state index contributed by atoms with van der Waals surface area (Å²) in [6.07, 6.45) is -0.456. The van der Waals surface area contributed by atoms with Gasteiger partial charge in [0.15, 0.2) is 10.7 Å². The Hall–Kier alpha value is -1.97. The van der Waals surface area contributed by atoms with Crippen molar-refractivity contribution in [3.8, 4) is 0 Å². The summed E-state index contributed by atoms with van der Waals surface area (Å²) in [4.78, 5) is 13.1. The van der Waals surface area contributed by atoms with Crippen LogP contribution in [0.25, 0.3) is 0 Å². The molecule has 39 heavy (non-hydrogen) atoms. The predicted octanol–water partition coefficient (Wildman–Crippen LogP) is 3.15. The van der Waals surface area contributed by atoms with Gasteiger partial charge in [-0.3, -0.25) is 9.52 Å². The number of carbonyl (C=O) groups is 1. The number of morpholine rings is 1. The Morgan fingerprint density at radius 1 is 1.03 bits per heavy atom. The molecule has 15 heteroatoms. The number of benzene rings is 2. The zero-order chi connectivity index (χ0) is 27.8. The summed E-state index contributed by atoms with van der Waals surface area (Å²) in [7, 11) is -7.88. The molecule has 0 radical (unpaired) electrons. The van der Waals surface area contributed by atoms with Crippen LogP contribution in [0.5, 0.6) is 0 Å². The SMILES string of the molecule is Cc1noc(C)c1S(=O)(=O)Nc1ccc(Cl)cc1C(=O)Nc1ccc(S(=O)(=O)N2C[C@@H](C)O[C@@H](C)C2)cc1.[NaH]. The normalized spacial score (nSPS) is 18.3. The van der Waals surface area contributed by atoms with Gasteiger partial charge in [-0.2, -0.15) is 4.31 Å². The quantitative estimate of drug-likeness (QED) is 0.390. The Labute approximate surface area is 254 Å². The van der Waals surface area contributed by atoms with E-state index in [9.17, 15) is 21.6 Å². The van der Waals surface area contributed by atoms with Crippen molar-refractivity contribution < 1.29 is 30.9 Å². The maximum absolute atomic E-state index is 13.1. The Kier molecular flexibility index (Phi) is 9.93. The van der Waals surface area contributed by atoms with E-state index in [2.05, 4.69) is 15.2 Å². The van der Waals surface area contributed by atoms with Gasteiger partial charge < -0.3 is 14.6 Å².